The lowest BCUT2D eigenvalue weighted by molar-refractivity contribution is -0.373. The van der Waals surface area contributed by atoms with E-state index in [1.165, 1.54) is 0 Å². The normalized spacial score (nSPS) is 51.8. The quantitative estimate of drug-likeness (QED) is 0.123. The van der Waals surface area contributed by atoms with Crippen LogP contribution in [0.1, 0.15) is 160 Å². The molecule has 0 bridgehead atoms. The molecule has 14 nitrogen and oxygen atoms in total. The van der Waals surface area contributed by atoms with E-state index in [2.05, 4.69) is 0 Å². The average molecular weight is 871 g/mol. The number of carbonyl (C=O) groups is 1. The van der Waals surface area contributed by atoms with Crippen molar-refractivity contribution in [2.24, 2.45) is 41.4 Å². The summed E-state index contributed by atoms with van der Waals surface area (Å²) in [5.41, 5.74) is -3.00. The van der Waals surface area contributed by atoms with E-state index in [-0.39, 0.29) is 54.3 Å². The molecule has 0 aromatic rings. The van der Waals surface area contributed by atoms with Crippen molar-refractivity contribution in [1.82, 2.24) is 0 Å². The highest BCUT2D eigenvalue weighted by atomic mass is 16.7. The van der Waals surface area contributed by atoms with E-state index in [1.807, 2.05) is 55.4 Å². The van der Waals surface area contributed by atoms with E-state index < -0.39 is 88.6 Å². The topological polar surface area (TPSA) is 214 Å². The van der Waals surface area contributed by atoms with Crippen molar-refractivity contribution >= 4 is 5.97 Å². The van der Waals surface area contributed by atoms with Gasteiger partial charge >= 0.3 is 5.97 Å². The van der Waals surface area contributed by atoms with Gasteiger partial charge < -0.3 is 64.2 Å². The monoisotopic (exact) mass is 871 g/mol. The van der Waals surface area contributed by atoms with Gasteiger partial charge in [0.25, 0.3) is 0 Å². The van der Waals surface area contributed by atoms with Gasteiger partial charge in [-0.1, -0.05) is 48.5 Å². The van der Waals surface area contributed by atoms with E-state index in [0.717, 1.165) is 12.8 Å². The molecule has 0 amide bonds. The minimum absolute atomic E-state index is 0.0409. The number of aliphatic carboxylic acids is 1. The molecule has 6 rings (SSSR count). The van der Waals surface area contributed by atoms with Gasteiger partial charge in [0.1, 0.15) is 11.7 Å². The maximum atomic E-state index is 12.4. The number of rotatable bonds is 13. The minimum Gasteiger partial charge on any atom is -0.481 e. The third kappa shape index (κ3) is 9.37. The molecule has 6 aliphatic rings. The van der Waals surface area contributed by atoms with E-state index in [9.17, 15) is 40.5 Å². The first kappa shape index (κ1) is 49.4. The number of carboxylic acid groups (broad SMARTS) is 1. The van der Waals surface area contributed by atoms with Gasteiger partial charge in [0.05, 0.1) is 66.0 Å². The van der Waals surface area contributed by atoms with Gasteiger partial charge in [0.15, 0.2) is 17.4 Å². The van der Waals surface area contributed by atoms with Gasteiger partial charge in [-0.25, -0.2) is 0 Å². The van der Waals surface area contributed by atoms with Crippen molar-refractivity contribution in [3.05, 3.63) is 0 Å². The molecule has 61 heavy (non-hydrogen) atoms. The van der Waals surface area contributed by atoms with Gasteiger partial charge in [-0.2, -0.15) is 0 Å². The molecule has 0 radical (unpaired) electrons. The van der Waals surface area contributed by atoms with Crippen molar-refractivity contribution < 1.29 is 69.0 Å². The van der Waals surface area contributed by atoms with Crippen LogP contribution >= 0.6 is 0 Å². The van der Waals surface area contributed by atoms with Crippen molar-refractivity contribution in [2.45, 2.75) is 249 Å². The second-order valence-electron chi connectivity index (χ2n) is 21.8. The summed E-state index contributed by atoms with van der Waals surface area (Å²) >= 11 is 0. The molecule has 22 atom stereocenters. The largest absolute Gasteiger partial charge is 0.481 e. The molecule has 0 aromatic carbocycles. The van der Waals surface area contributed by atoms with Crippen molar-refractivity contribution in [1.29, 1.82) is 0 Å². The molecular weight excluding hydrogens is 789 g/mol. The number of aliphatic hydroxyl groups excluding tert-OH is 2. The summed E-state index contributed by atoms with van der Waals surface area (Å²) in [4.78, 5) is 11.7. The van der Waals surface area contributed by atoms with Crippen molar-refractivity contribution in [3.8, 4) is 0 Å². The number of ether oxygens (including phenoxy) is 6. The first-order valence-electron chi connectivity index (χ1n) is 23.7. The summed E-state index contributed by atoms with van der Waals surface area (Å²) < 4.78 is 39.0. The second-order valence-corrected chi connectivity index (χ2v) is 21.8. The van der Waals surface area contributed by atoms with Crippen molar-refractivity contribution in [3.63, 3.8) is 0 Å². The number of hydrogen-bond donors (Lipinski definition) is 7. The molecule has 0 aromatic heterocycles. The Morgan fingerprint density at radius 3 is 2.11 bits per heavy atom. The Labute approximate surface area is 364 Å². The van der Waals surface area contributed by atoms with Gasteiger partial charge in [0.2, 0.25) is 0 Å². The smallest absolute Gasteiger partial charge is 0.308 e. The maximum Gasteiger partial charge on any atom is 0.308 e. The fourth-order valence-electron chi connectivity index (χ4n) is 12.3. The van der Waals surface area contributed by atoms with Crippen LogP contribution < -0.4 is 0 Å². The summed E-state index contributed by atoms with van der Waals surface area (Å²) in [5.74, 6) is -8.40. The molecule has 354 valence electrons. The van der Waals surface area contributed by atoms with Crippen LogP contribution in [-0.4, -0.2) is 131 Å². The Hall–Kier alpha value is -1.01. The average Bonchev–Trinajstić information content (AvgIpc) is 3.72. The standard InChI is InChI=1S/C47H82O14/c1-12-37-42(9,52)19-18-38(57-37)43(10)23-29(6)47(55,61-43)44(11)20-17-35(58-44)40(49)46(54)28(5)21-26(3)36(60-46)24-45(53)27(4)14-16-34(59-45)30(7)33(48)22-32-15-13-25(2)39(56-32)31(8)41(50)51/h25-40,48-49,52-55H,12-24H2,1-11H3,(H,50,51). The summed E-state index contributed by atoms with van der Waals surface area (Å²) in [6, 6.07) is 0. The molecule has 6 aliphatic heterocycles. The predicted octanol–water partition coefficient (Wildman–Crippen LogP) is 5.43. The minimum atomic E-state index is -2.03. The lowest BCUT2D eigenvalue weighted by atomic mass is 9.76. The molecule has 0 spiro atoms. The van der Waals surface area contributed by atoms with E-state index in [0.29, 0.717) is 64.2 Å². The Morgan fingerprint density at radius 2 is 1.46 bits per heavy atom. The fourth-order valence-corrected chi connectivity index (χ4v) is 12.3. The van der Waals surface area contributed by atoms with Crippen LogP contribution in [-0.2, 0) is 33.2 Å². The summed E-state index contributed by atoms with van der Waals surface area (Å²) in [6.45, 7) is 20.8. The maximum absolute atomic E-state index is 12.4. The predicted molar refractivity (Wildman–Crippen MR) is 225 cm³/mol. The summed E-state index contributed by atoms with van der Waals surface area (Å²) in [6.07, 6.45) is 0.932. The molecule has 6 saturated heterocycles. The molecular formula is C47H82O14. The van der Waals surface area contributed by atoms with Crippen LogP contribution in [0.4, 0.5) is 0 Å². The Kier molecular flexibility index (Phi) is 14.6. The number of aliphatic hydroxyl groups is 6. The van der Waals surface area contributed by atoms with E-state index in [1.54, 1.807) is 20.8 Å². The molecule has 14 heteroatoms. The van der Waals surface area contributed by atoms with Gasteiger partial charge in [-0.05, 0) is 117 Å². The molecule has 0 saturated carbocycles. The SMILES string of the molecule is CCC1OC(C2(C)CC(C)C(O)(C3(C)CCC(C(O)C4(O)OC(CC5(O)OC(C(C)C(O)CC6CCC(C)C(C(C)C(=O)O)O6)CCC5C)C(C)CC4C)O3)O2)CCC1(C)O. The van der Waals surface area contributed by atoms with Crippen LogP contribution in [0.2, 0.25) is 0 Å². The van der Waals surface area contributed by atoms with Crippen LogP contribution in [0.5, 0.6) is 0 Å². The van der Waals surface area contributed by atoms with E-state index in [4.69, 9.17) is 28.4 Å². The van der Waals surface area contributed by atoms with Gasteiger partial charge in [0, 0.05) is 30.1 Å². The molecule has 22 unspecified atom stereocenters. The van der Waals surface area contributed by atoms with Crippen LogP contribution in [0.3, 0.4) is 0 Å². The molecule has 6 fully saturated rings. The van der Waals surface area contributed by atoms with Crippen LogP contribution in [0.15, 0.2) is 0 Å². The lowest BCUT2D eigenvalue weighted by Crippen LogP contribution is -2.63. The highest BCUT2D eigenvalue weighted by Gasteiger charge is 2.67. The van der Waals surface area contributed by atoms with Gasteiger partial charge in [-0.15, -0.1) is 0 Å². The zero-order valence-electron chi connectivity index (χ0n) is 38.9. The van der Waals surface area contributed by atoms with Gasteiger partial charge in [-0.3, -0.25) is 4.79 Å². The fraction of sp³-hybridized carbons (Fsp3) is 0.979. The first-order valence-corrected chi connectivity index (χ1v) is 23.7. The summed E-state index contributed by atoms with van der Waals surface area (Å²) in [7, 11) is 0. The number of carboxylic acids is 1. The van der Waals surface area contributed by atoms with Crippen LogP contribution in [0.25, 0.3) is 0 Å². The molecule has 0 aliphatic carbocycles. The zero-order chi connectivity index (χ0) is 45.2. The Balaban J connectivity index is 1.09. The Morgan fingerprint density at radius 1 is 0.770 bits per heavy atom. The third-order valence-electron chi connectivity index (χ3n) is 17.0. The highest BCUT2D eigenvalue weighted by molar-refractivity contribution is 5.70. The second kappa shape index (κ2) is 18.0. The first-order chi connectivity index (χ1) is 28.2. The molecule has 7 N–H and O–H groups in total. The number of hydrogen-bond acceptors (Lipinski definition) is 13. The van der Waals surface area contributed by atoms with E-state index >= 15 is 0 Å². The third-order valence-corrected chi connectivity index (χ3v) is 17.0. The summed E-state index contributed by atoms with van der Waals surface area (Å²) in [5, 5.41) is 80.9. The molecule has 6 heterocycles. The van der Waals surface area contributed by atoms with Crippen molar-refractivity contribution in [2.75, 3.05) is 0 Å². The Bertz CT molecular complexity index is 1510. The highest BCUT2D eigenvalue weighted by Crippen LogP contribution is 2.56. The lowest BCUT2D eigenvalue weighted by Gasteiger charge is -2.52. The zero-order valence-corrected chi connectivity index (χ0v) is 38.9. The van der Waals surface area contributed by atoms with Crippen LogP contribution in [0, 0.1) is 41.4 Å².